The van der Waals surface area contributed by atoms with Crippen molar-refractivity contribution in [1.82, 2.24) is 10.9 Å². The van der Waals surface area contributed by atoms with E-state index in [1.165, 1.54) is 0 Å². The summed E-state index contributed by atoms with van der Waals surface area (Å²) in [7, 11) is 0. The third kappa shape index (κ3) is 7.33. The van der Waals surface area contributed by atoms with Crippen LogP contribution in [0.25, 0.3) is 10.4 Å². The van der Waals surface area contributed by atoms with Crippen molar-refractivity contribution in [1.29, 1.82) is 0 Å². The zero-order valence-corrected chi connectivity index (χ0v) is 24.0. The van der Waals surface area contributed by atoms with Crippen LogP contribution < -0.4 is 15.6 Å². The topological polar surface area (TPSA) is 141 Å². The van der Waals surface area contributed by atoms with Gasteiger partial charge in [-0.15, -0.1) is 6.58 Å². The molecule has 11 heteroatoms. The van der Waals surface area contributed by atoms with Gasteiger partial charge in [0, 0.05) is 40.9 Å². The normalized spacial score (nSPS) is 17.6. The van der Waals surface area contributed by atoms with E-state index in [-0.39, 0.29) is 25.5 Å². The Morgan fingerprint density at radius 3 is 2.66 bits per heavy atom. The molecule has 0 saturated heterocycles. The van der Waals surface area contributed by atoms with E-state index in [2.05, 4.69) is 43.4 Å². The Balaban J connectivity index is 1.81. The molecule has 3 N–H and O–H groups in total. The quantitative estimate of drug-likeness (QED) is 0.0559. The lowest BCUT2D eigenvalue weighted by molar-refractivity contribution is -0.129. The molecule has 0 aromatic heterocycles. The van der Waals surface area contributed by atoms with E-state index in [0.717, 1.165) is 15.6 Å². The summed E-state index contributed by atoms with van der Waals surface area (Å²) < 4.78 is 13.1. The van der Waals surface area contributed by atoms with Crippen molar-refractivity contribution >= 4 is 27.7 Å². The van der Waals surface area contributed by atoms with Gasteiger partial charge >= 0.3 is 0 Å². The molecule has 1 aliphatic rings. The zero-order valence-electron chi connectivity index (χ0n) is 22.4. The first-order valence-electron chi connectivity index (χ1n) is 13.1. The number of ether oxygens (including phenoxy) is 2. The van der Waals surface area contributed by atoms with Crippen LogP contribution in [0, 0.1) is 0 Å². The first-order valence-corrected chi connectivity index (χ1v) is 13.9. The second kappa shape index (κ2) is 14.5. The van der Waals surface area contributed by atoms with Crippen LogP contribution in [0.1, 0.15) is 34.8 Å². The number of aliphatic hydroxyl groups is 1. The maximum Gasteiger partial charge on any atom is 0.266 e. The van der Waals surface area contributed by atoms with Gasteiger partial charge < -0.3 is 14.6 Å². The van der Waals surface area contributed by atoms with Crippen molar-refractivity contribution in [2.75, 3.05) is 19.8 Å². The number of nitrogens with one attached hydrogen (secondary N) is 2. The van der Waals surface area contributed by atoms with Crippen molar-refractivity contribution in [2.45, 2.75) is 31.0 Å². The Bertz CT molecular complexity index is 1420. The van der Waals surface area contributed by atoms with Crippen molar-refractivity contribution in [3.05, 3.63) is 123 Å². The number of benzene rings is 3. The Morgan fingerprint density at radius 2 is 1.95 bits per heavy atom. The molecule has 0 bridgehead atoms. The number of azide groups is 1. The van der Waals surface area contributed by atoms with Crippen molar-refractivity contribution < 1.29 is 19.4 Å². The monoisotopic (exact) mass is 618 g/mol. The number of hydrazine groups is 1. The lowest BCUT2D eigenvalue weighted by Crippen LogP contribution is -2.54. The highest BCUT2D eigenvalue weighted by Crippen LogP contribution is 2.43. The highest BCUT2D eigenvalue weighted by atomic mass is 79.9. The van der Waals surface area contributed by atoms with Gasteiger partial charge in [-0.25, -0.2) is 10.4 Å². The standard InChI is InChI=1S/C30H31BrN6O4/c1-2-16-33-36-29(39)30(19-21-8-12-24(31)13-9-21)27(26-7-4-3-6-23(26)20-34-37-32)41-28(35-30)22-10-14-25(15-11-22)40-18-5-17-38/h2-4,6-15,27,33,38H,1,5,16-20H2,(H,36,39)/t27-,30-/m0/s1. The van der Waals surface area contributed by atoms with Gasteiger partial charge in [0.05, 0.1) is 13.2 Å². The fraction of sp³-hybridized carbons (Fsp3) is 0.267. The maximum absolute atomic E-state index is 14.1. The molecule has 0 fully saturated rings. The van der Waals surface area contributed by atoms with E-state index in [9.17, 15) is 4.79 Å². The summed E-state index contributed by atoms with van der Waals surface area (Å²) in [6, 6.07) is 22.3. The molecule has 4 rings (SSSR count). The molecule has 0 aliphatic carbocycles. The molecule has 10 nitrogen and oxygen atoms in total. The zero-order chi connectivity index (χ0) is 29.1. The summed E-state index contributed by atoms with van der Waals surface area (Å²) in [5.41, 5.74) is 16.2. The number of aliphatic hydroxyl groups excluding tert-OH is 1. The summed E-state index contributed by atoms with van der Waals surface area (Å²) in [4.78, 5) is 22.0. The summed E-state index contributed by atoms with van der Waals surface area (Å²) in [5.74, 6) is 0.556. The summed E-state index contributed by atoms with van der Waals surface area (Å²) in [6.07, 6.45) is 1.56. The van der Waals surface area contributed by atoms with Crippen LogP contribution in [-0.2, 0) is 22.5 Å². The third-order valence-electron chi connectivity index (χ3n) is 6.51. The first kappa shape index (κ1) is 29.8. The molecule has 2 atom stereocenters. The smallest absolute Gasteiger partial charge is 0.266 e. The van der Waals surface area contributed by atoms with Crippen LogP contribution in [0.5, 0.6) is 5.75 Å². The van der Waals surface area contributed by atoms with Gasteiger partial charge in [0.25, 0.3) is 5.91 Å². The molecule has 1 heterocycles. The molecule has 0 radical (unpaired) electrons. The molecule has 3 aromatic carbocycles. The van der Waals surface area contributed by atoms with Crippen LogP contribution in [0.4, 0.5) is 0 Å². The number of hydrogen-bond acceptors (Lipinski definition) is 7. The second-order valence-electron chi connectivity index (χ2n) is 9.30. The number of carbonyl (C=O) groups excluding carboxylic acids is 1. The van der Waals surface area contributed by atoms with Crippen molar-refractivity contribution in [2.24, 2.45) is 10.1 Å². The Labute approximate surface area is 246 Å². The lowest BCUT2D eigenvalue weighted by atomic mass is 9.81. The van der Waals surface area contributed by atoms with Crippen LogP contribution >= 0.6 is 15.9 Å². The summed E-state index contributed by atoms with van der Waals surface area (Å²) >= 11 is 3.48. The number of carbonyl (C=O) groups is 1. The van der Waals surface area contributed by atoms with E-state index in [1.54, 1.807) is 18.2 Å². The van der Waals surface area contributed by atoms with Gasteiger partial charge in [-0.3, -0.25) is 10.2 Å². The molecule has 0 saturated carbocycles. The van der Waals surface area contributed by atoms with Crippen LogP contribution in [-0.4, -0.2) is 42.2 Å². The predicted octanol–water partition coefficient (Wildman–Crippen LogP) is 5.33. The molecule has 3 aromatic rings. The van der Waals surface area contributed by atoms with Crippen LogP contribution in [0.15, 0.2) is 100 Å². The second-order valence-corrected chi connectivity index (χ2v) is 10.2. The Hall–Kier alpha value is -4.15. The molecule has 0 unspecified atom stereocenters. The van der Waals surface area contributed by atoms with Gasteiger partial charge in [0.15, 0.2) is 11.6 Å². The minimum Gasteiger partial charge on any atom is -0.494 e. The van der Waals surface area contributed by atoms with Gasteiger partial charge in [0.2, 0.25) is 5.90 Å². The number of rotatable bonds is 14. The molecule has 1 aliphatic heterocycles. The fourth-order valence-corrected chi connectivity index (χ4v) is 4.79. The van der Waals surface area contributed by atoms with Gasteiger partial charge in [-0.05, 0) is 58.6 Å². The molecular weight excluding hydrogens is 588 g/mol. The fourth-order valence-electron chi connectivity index (χ4n) is 4.53. The predicted molar refractivity (Wildman–Crippen MR) is 160 cm³/mol. The summed E-state index contributed by atoms with van der Waals surface area (Å²) in [6.45, 7) is 4.59. The number of nitrogens with zero attached hydrogens (tertiary/aromatic N) is 4. The number of halogens is 1. The number of amides is 1. The average Bonchev–Trinajstić information content (AvgIpc) is 3.38. The third-order valence-corrected chi connectivity index (χ3v) is 7.04. The summed E-state index contributed by atoms with van der Waals surface area (Å²) in [5, 5.41) is 12.8. The van der Waals surface area contributed by atoms with Crippen molar-refractivity contribution in [3.63, 3.8) is 0 Å². The largest absolute Gasteiger partial charge is 0.494 e. The van der Waals surface area contributed by atoms with E-state index < -0.39 is 11.6 Å². The van der Waals surface area contributed by atoms with Crippen LogP contribution in [0.2, 0.25) is 0 Å². The minimum atomic E-state index is -1.42. The van der Waals surface area contributed by atoms with Gasteiger partial charge in [0.1, 0.15) is 5.75 Å². The van der Waals surface area contributed by atoms with E-state index >= 15 is 0 Å². The Kier molecular flexibility index (Phi) is 10.5. The lowest BCUT2D eigenvalue weighted by Gasteiger charge is -2.31. The first-order chi connectivity index (χ1) is 20.0. The Morgan fingerprint density at radius 1 is 1.20 bits per heavy atom. The number of hydrogen-bond donors (Lipinski definition) is 3. The van der Waals surface area contributed by atoms with Gasteiger partial charge in [-0.2, -0.15) is 0 Å². The molecule has 0 spiro atoms. The highest BCUT2D eigenvalue weighted by molar-refractivity contribution is 9.10. The van der Waals surface area contributed by atoms with Crippen LogP contribution in [0.3, 0.4) is 0 Å². The minimum absolute atomic E-state index is 0.0510. The molecule has 41 heavy (non-hydrogen) atoms. The molecule has 212 valence electrons. The van der Waals surface area contributed by atoms with E-state index in [0.29, 0.717) is 42.3 Å². The SMILES string of the molecule is C=CCNNC(=O)[C@@]1(Cc2ccc(Br)cc2)N=C(c2ccc(OCCCO)cc2)O[C@H]1c1ccccc1CN=[N+]=[N-]. The van der Waals surface area contributed by atoms with E-state index in [4.69, 9.17) is 25.1 Å². The highest BCUT2D eigenvalue weighted by Gasteiger charge is 2.53. The maximum atomic E-state index is 14.1. The van der Waals surface area contributed by atoms with Crippen molar-refractivity contribution in [3.8, 4) is 5.75 Å². The average molecular weight is 620 g/mol. The molecular formula is C30H31BrN6O4. The van der Waals surface area contributed by atoms with Gasteiger partial charge in [-0.1, -0.05) is 63.5 Å². The van der Waals surface area contributed by atoms with E-state index in [1.807, 2.05) is 60.7 Å². The number of aliphatic imine (C=N–C) groups is 1. The molecule has 1 amide bonds.